The third kappa shape index (κ3) is 3.95. The van der Waals surface area contributed by atoms with Gasteiger partial charge in [-0.3, -0.25) is 9.69 Å². The fourth-order valence-electron chi connectivity index (χ4n) is 3.19. The molecular formula is C14H26N2O2. The largest absolute Gasteiger partial charge is 0.395 e. The lowest BCUT2D eigenvalue weighted by Gasteiger charge is -2.25. The molecule has 4 heteroatoms. The Morgan fingerprint density at radius 3 is 2.67 bits per heavy atom. The summed E-state index contributed by atoms with van der Waals surface area (Å²) in [4.78, 5) is 14.1. The van der Waals surface area contributed by atoms with Crippen LogP contribution in [-0.2, 0) is 4.79 Å². The molecule has 18 heavy (non-hydrogen) atoms. The molecule has 104 valence electrons. The smallest absolute Gasteiger partial charge is 0.221 e. The molecule has 0 aromatic rings. The number of carbonyl (C=O) groups is 1. The quantitative estimate of drug-likeness (QED) is 0.777. The molecule has 1 saturated heterocycles. The van der Waals surface area contributed by atoms with Crippen LogP contribution in [0.25, 0.3) is 0 Å². The lowest BCUT2D eigenvalue weighted by Crippen LogP contribution is -2.39. The van der Waals surface area contributed by atoms with E-state index in [9.17, 15) is 9.90 Å². The molecule has 1 aliphatic heterocycles. The van der Waals surface area contributed by atoms with Gasteiger partial charge in [-0.15, -0.1) is 0 Å². The molecule has 2 aliphatic rings. The molecule has 0 aromatic heterocycles. The highest BCUT2D eigenvalue weighted by molar-refractivity contribution is 5.76. The number of aliphatic hydroxyl groups is 1. The zero-order valence-corrected chi connectivity index (χ0v) is 11.2. The summed E-state index contributed by atoms with van der Waals surface area (Å²) in [6.45, 7) is 2.05. The van der Waals surface area contributed by atoms with Crippen LogP contribution in [0.5, 0.6) is 0 Å². The highest BCUT2D eigenvalue weighted by atomic mass is 16.3. The minimum absolute atomic E-state index is 0.186. The SMILES string of the molecule is O=C(CCN1CCC[C@H]1CO)NC1CCCCC1. The van der Waals surface area contributed by atoms with E-state index < -0.39 is 0 Å². The summed E-state index contributed by atoms with van der Waals surface area (Å²) in [6, 6.07) is 0.700. The first-order chi connectivity index (χ1) is 8.79. The van der Waals surface area contributed by atoms with Crippen molar-refractivity contribution in [2.24, 2.45) is 0 Å². The molecule has 1 saturated carbocycles. The van der Waals surface area contributed by atoms with E-state index in [1.165, 1.54) is 19.3 Å². The molecular weight excluding hydrogens is 228 g/mol. The maximum Gasteiger partial charge on any atom is 0.221 e. The van der Waals surface area contributed by atoms with Crippen LogP contribution in [0, 0.1) is 0 Å². The first kappa shape index (κ1) is 13.8. The van der Waals surface area contributed by atoms with Gasteiger partial charge >= 0.3 is 0 Å². The zero-order chi connectivity index (χ0) is 12.8. The first-order valence-corrected chi connectivity index (χ1v) is 7.44. The Morgan fingerprint density at radius 1 is 1.17 bits per heavy atom. The molecule has 1 atom stereocenters. The Hall–Kier alpha value is -0.610. The topological polar surface area (TPSA) is 52.6 Å². The van der Waals surface area contributed by atoms with E-state index in [-0.39, 0.29) is 18.6 Å². The Balaban J connectivity index is 1.64. The maximum atomic E-state index is 11.9. The summed E-state index contributed by atoms with van der Waals surface area (Å²) >= 11 is 0. The molecule has 1 amide bonds. The van der Waals surface area contributed by atoms with Crippen LogP contribution in [0.4, 0.5) is 0 Å². The van der Waals surface area contributed by atoms with E-state index in [1.807, 2.05) is 0 Å². The summed E-state index contributed by atoms with van der Waals surface area (Å²) in [7, 11) is 0. The Kier molecular flexibility index (Phi) is 5.45. The van der Waals surface area contributed by atoms with E-state index in [0.717, 1.165) is 38.8 Å². The van der Waals surface area contributed by atoms with Gasteiger partial charge in [0, 0.05) is 25.0 Å². The van der Waals surface area contributed by atoms with Crippen molar-refractivity contribution in [2.75, 3.05) is 19.7 Å². The molecule has 4 nitrogen and oxygen atoms in total. The van der Waals surface area contributed by atoms with Gasteiger partial charge in [-0.2, -0.15) is 0 Å². The second-order valence-corrected chi connectivity index (χ2v) is 5.67. The summed E-state index contributed by atoms with van der Waals surface area (Å²) in [5.41, 5.74) is 0. The normalized spacial score (nSPS) is 26.4. The number of likely N-dealkylation sites (tertiary alicyclic amines) is 1. The van der Waals surface area contributed by atoms with Gasteiger partial charge in [0.05, 0.1) is 6.61 Å². The van der Waals surface area contributed by atoms with E-state index in [2.05, 4.69) is 10.2 Å². The van der Waals surface area contributed by atoms with Crippen LogP contribution in [0.3, 0.4) is 0 Å². The predicted octanol–water partition coefficient (Wildman–Crippen LogP) is 1.28. The highest BCUT2D eigenvalue weighted by Gasteiger charge is 2.24. The monoisotopic (exact) mass is 254 g/mol. The minimum Gasteiger partial charge on any atom is -0.395 e. The summed E-state index contributed by atoms with van der Waals surface area (Å²) in [5, 5.41) is 12.4. The predicted molar refractivity (Wildman–Crippen MR) is 71.3 cm³/mol. The lowest BCUT2D eigenvalue weighted by molar-refractivity contribution is -0.122. The molecule has 0 bridgehead atoms. The molecule has 0 spiro atoms. The maximum absolute atomic E-state index is 11.9. The molecule has 2 rings (SSSR count). The second-order valence-electron chi connectivity index (χ2n) is 5.67. The Labute approximate surface area is 110 Å². The molecule has 2 fully saturated rings. The van der Waals surface area contributed by atoms with Gasteiger partial charge in [0.25, 0.3) is 0 Å². The van der Waals surface area contributed by atoms with E-state index in [0.29, 0.717) is 12.5 Å². The van der Waals surface area contributed by atoms with Gasteiger partial charge < -0.3 is 10.4 Å². The van der Waals surface area contributed by atoms with Crippen molar-refractivity contribution >= 4 is 5.91 Å². The van der Waals surface area contributed by atoms with E-state index in [4.69, 9.17) is 0 Å². The number of nitrogens with zero attached hydrogens (tertiary/aromatic N) is 1. The number of aliphatic hydroxyl groups excluding tert-OH is 1. The van der Waals surface area contributed by atoms with Gasteiger partial charge in [0.15, 0.2) is 0 Å². The van der Waals surface area contributed by atoms with Crippen molar-refractivity contribution in [3.05, 3.63) is 0 Å². The minimum atomic E-state index is 0.186. The van der Waals surface area contributed by atoms with Crippen molar-refractivity contribution in [1.29, 1.82) is 0 Å². The van der Waals surface area contributed by atoms with Crippen molar-refractivity contribution in [3.8, 4) is 0 Å². The highest BCUT2D eigenvalue weighted by Crippen LogP contribution is 2.18. The van der Waals surface area contributed by atoms with Crippen LogP contribution < -0.4 is 5.32 Å². The number of amides is 1. The van der Waals surface area contributed by atoms with Crippen molar-refractivity contribution < 1.29 is 9.90 Å². The number of rotatable bonds is 5. The van der Waals surface area contributed by atoms with Crippen molar-refractivity contribution in [3.63, 3.8) is 0 Å². The molecule has 0 unspecified atom stereocenters. The third-order valence-corrected chi connectivity index (χ3v) is 4.31. The van der Waals surface area contributed by atoms with Crippen molar-refractivity contribution in [2.45, 2.75) is 63.5 Å². The standard InChI is InChI=1S/C14H26N2O2/c17-11-13-7-4-9-16(13)10-8-14(18)15-12-5-2-1-3-6-12/h12-13,17H,1-11H2,(H,15,18)/t13-/m0/s1. The first-order valence-electron chi connectivity index (χ1n) is 7.44. The molecule has 0 radical (unpaired) electrons. The fourth-order valence-corrected chi connectivity index (χ4v) is 3.19. The number of carbonyl (C=O) groups excluding carboxylic acids is 1. The van der Waals surface area contributed by atoms with Gasteiger partial charge in [0.1, 0.15) is 0 Å². The number of hydrogen-bond donors (Lipinski definition) is 2. The zero-order valence-electron chi connectivity index (χ0n) is 11.2. The fraction of sp³-hybridized carbons (Fsp3) is 0.929. The summed E-state index contributed by atoms with van der Waals surface area (Å²) in [5.74, 6) is 0.186. The van der Waals surface area contributed by atoms with E-state index >= 15 is 0 Å². The lowest BCUT2D eigenvalue weighted by atomic mass is 9.95. The average molecular weight is 254 g/mol. The van der Waals surface area contributed by atoms with Crippen LogP contribution >= 0.6 is 0 Å². The van der Waals surface area contributed by atoms with E-state index in [1.54, 1.807) is 0 Å². The van der Waals surface area contributed by atoms with Gasteiger partial charge in [-0.05, 0) is 32.2 Å². The number of nitrogens with one attached hydrogen (secondary N) is 1. The van der Waals surface area contributed by atoms with Gasteiger partial charge in [0.2, 0.25) is 5.91 Å². The second kappa shape index (κ2) is 7.10. The van der Waals surface area contributed by atoms with Crippen LogP contribution in [0.2, 0.25) is 0 Å². The Morgan fingerprint density at radius 2 is 1.94 bits per heavy atom. The number of hydrogen-bond acceptors (Lipinski definition) is 3. The molecule has 1 aliphatic carbocycles. The molecule has 1 heterocycles. The Bertz CT molecular complexity index is 265. The third-order valence-electron chi connectivity index (χ3n) is 4.31. The van der Waals surface area contributed by atoms with Crippen LogP contribution in [0.1, 0.15) is 51.4 Å². The summed E-state index contributed by atoms with van der Waals surface area (Å²) < 4.78 is 0. The van der Waals surface area contributed by atoms with Crippen molar-refractivity contribution in [1.82, 2.24) is 10.2 Å². The molecule has 2 N–H and O–H groups in total. The van der Waals surface area contributed by atoms with Gasteiger partial charge in [-0.25, -0.2) is 0 Å². The van der Waals surface area contributed by atoms with Gasteiger partial charge in [-0.1, -0.05) is 19.3 Å². The molecule has 0 aromatic carbocycles. The average Bonchev–Trinajstić information content (AvgIpc) is 2.85. The van der Waals surface area contributed by atoms with Crippen LogP contribution in [-0.4, -0.2) is 47.7 Å². The van der Waals surface area contributed by atoms with Crippen LogP contribution in [0.15, 0.2) is 0 Å². The summed E-state index contributed by atoms with van der Waals surface area (Å²) in [6.07, 6.45) is 8.91.